The van der Waals surface area contributed by atoms with Crippen LogP contribution < -0.4 is 5.32 Å². The van der Waals surface area contributed by atoms with Crippen LogP contribution >= 0.6 is 0 Å². The molecule has 19 heavy (non-hydrogen) atoms. The Morgan fingerprint density at radius 2 is 2.32 bits per heavy atom. The molecule has 0 amide bonds. The van der Waals surface area contributed by atoms with Crippen molar-refractivity contribution in [3.8, 4) is 0 Å². The van der Waals surface area contributed by atoms with E-state index in [4.69, 9.17) is 0 Å². The molecule has 0 saturated heterocycles. The Bertz CT molecular complexity index is 428. The quantitative estimate of drug-likeness (QED) is 0.786. The summed E-state index contributed by atoms with van der Waals surface area (Å²) >= 11 is 0. The highest BCUT2D eigenvalue weighted by atomic mass is 16.4. The van der Waals surface area contributed by atoms with Crippen molar-refractivity contribution in [3.05, 3.63) is 17.7 Å². The molecule has 106 valence electrons. The van der Waals surface area contributed by atoms with Crippen LogP contribution in [-0.4, -0.2) is 33.2 Å². The molecule has 5 nitrogen and oxygen atoms in total. The Morgan fingerprint density at radius 1 is 1.53 bits per heavy atom. The lowest BCUT2D eigenvalue weighted by Gasteiger charge is -2.17. The average Bonchev–Trinajstić information content (AvgIpc) is 2.82. The normalized spacial score (nSPS) is 16.1. The number of fused-ring (bicyclic) bond motifs is 1. The van der Waals surface area contributed by atoms with Crippen LogP contribution in [0.5, 0.6) is 0 Å². The van der Waals surface area contributed by atoms with Crippen molar-refractivity contribution in [2.75, 3.05) is 6.54 Å². The topological polar surface area (TPSA) is 67.2 Å². The van der Waals surface area contributed by atoms with Gasteiger partial charge < -0.3 is 15.0 Å². The third kappa shape index (κ3) is 3.56. The van der Waals surface area contributed by atoms with Gasteiger partial charge in [-0.1, -0.05) is 6.92 Å². The largest absolute Gasteiger partial charge is 0.480 e. The van der Waals surface area contributed by atoms with Crippen LogP contribution in [0.3, 0.4) is 0 Å². The van der Waals surface area contributed by atoms with Gasteiger partial charge in [0.05, 0.1) is 12.0 Å². The van der Waals surface area contributed by atoms with E-state index in [1.165, 1.54) is 24.2 Å². The first-order valence-electron chi connectivity index (χ1n) is 7.21. The molecular weight excluding hydrogens is 242 g/mol. The smallest absolute Gasteiger partial charge is 0.320 e. The zero-order valence-electron chi connectivity index (χ0n) is 11.6. The van der Waals surface area contributed by atoms with Crippen molar-refractivity contribution in [3.63, 3.8) is 0 Å². The van der Waals surface area contributed by atoms with E-state index in [1.54, 1.807) is 0 Å². The summed E-state index contributed by atoms with van der Waals surface area (Å²) in [5.41, 5.74) is 2.52. The molecule has 0 radical (unpaired) electrons. The van der Waals surface area contributed by atoms with Crippen LogP contribution in [0.4, 0.5) is 0 Å². The van der Waals surface area contributed by atoms with Gasteiger partial charge in [0, 0.05) is 12.2 Å². The molecule has 0 bridgehead atoms. The first-order chi connectivity index (χ1) is 9.22. The fraction of sp³-hybridized carbons (Fsp3) is 0.714. The summed E-state index contributed by atoms with van der Waals surface area (Å²) in [6.07, 6.45) is 8.01. The minimum atomic E-state index is -0.762. The van der Waals surface area contributed by atoms with E-state index in [0.717, 1.165) is 32.4 Å². The van der Waals surface area contributed by atoms with Crippen molar-refractivity contribution in [2.45, 2.75) is 58.0 Å². The number of nitrogens with one attached hydrogen (secondary N) is 1. The Morgan fingerprint density at radius 3 is 3.05 bits per heavy atom. The van der Waals surface area contributed by atoms with Gasteiger partial charge >= 0.3 is 5.97 Å². The van der Waals surface area contributed by atoms with Crippen molar-refractivity contribution in [1.29, 1.82) is 0 Å². The number of nitrogens with zero attached hydrogens (tertiary/aromatic N) is 2. The average molecular weight is 265 g/mol. The van der Waals surface area contributed by atoms with Gasteiger partial charge in [0.25, 0.3) is 0 Å². The number of carboxylic acid groups (broad SMARTS) is 1. The maximum atomic E-state index is 11.2. The van der Waals surface area contributed by atoms with Crippen molar-refractivity contribution >= 4 is 5.97 Å². The number of hydrogen-bond acceptors (Lipinski definition) is 3. The molecule has 1 heterocycles. The summed E-state index contributed by atoms with van der Waals surface area (Å²) in [7, 11) is 0. The molecule has 1 aliphatic carbocycles. The van der Waals surface area contributed by atoms with E-state index in [1.807, 2.05) is 13.3 Å². The lowest BCUT2D eigenvalue weighted by Crippen LogP contribution is -2.38. The molecule has 0 aromatic carbocycles. The van der Waals surface area contributed by atoms with Gasteiger partial charge in [0.2, 0.25) is 0 Å². The van der Waals surface area contributed by atoms with Crippen LogP contribution in [0.15, 0.2) is 6.33 Å². The van der Waals surface area contributed by atoms with Crippen LogP contribution in [0.25, 0.3) is 0 Å². The summed E-state index contributed by atoms with van der Waals surface area (Å²) in [6, 6.07) is -0.457. The summed E-state index contributed by atoms with van der Waals surface area (Å²) in [4.78, 5) is 15.6. The molecule has 2 N–H and O–H groups in total. The maximum Gasteiger partial charge on any atom is 0.320 e. The van der Waals surface area contributed by atoms with E-state index < -0.39 is 12.0 Å². The van der Waals surface area contributed by atoms with E-state index in [-0.39, 0.29) is 0 Å². The third-order valence-electron chi connectivity index (χ3n) is 3.71. The Labute approximate surface area is 114 Å². The Kier molecular flexibility index (Phi) is 4.96. The van der Waals surface area contributed by atoms with Gasteiger partial charge in [-0.25, -0.2) is 4.98 Å². The molecule has 1 atom stereocenters. The molecule has 0 saturated carbocycles. The molecule has 1 aromatic heterocycles. The minimum absolute atomic E-state index is 0.457. The second kappa shape index (κ2) is 6.70. The minimum Gasteiger partial charge on any atom is -0.480 e. The fourth-order valence-corrected chi connectivity index (χ4v) is 2.62. The van der Waals surface area contributed by atoms with Gasteiger partial charge in [0.15, 0.2) is 0 Å². The number of aliphatic carboxylic acids is 1. The predicted octanol–water partition coefficient (Wildman–Crippen LogP) is 1.60. The molecule has 1 unspecified atom stereocenters. The van der Waals surface area contributed by atoms with Gasteiger partial charge in [-0.2, -0.15) is 0 Å². The monoisotopic (exact) mass is 265 g/mol. The van der Waals surface area contributed by atoms with Gasteiger partial charge in [-0.15, -0.1) is 0 Å². The van der Waals surface area contributed by atoms with Crippen molar-refractivity contribution in [2.24, 2.45) is 0 Å². The van der Waals surface area contributed by atoms with E-state index in [0.29, 0.717) is 6.42 Å². The number of hydrogen-bond donors (Lipinski definition) is 2. The molecule has 0 spiro atoms. The molecule has 1 aliphatic rings. The lowest BCUT2D eigenvalue weighted by molar-refractivity contribution is -0.139. The highest BCUT2D eigenvalue weighted by Gasteiger charge is 2.19. The Hall–Kier alpha value is -1.36. The number of carbonyl (C=O) groups is 1. The molecule has 5 heteroatoms. The van der Waals surface area contributed by atoms with E-state index in [9.17, 15) is 9.90 Å². The van der Waals surface area contributed by atoms with Gasteiger partial charge in [0.1, 0.15) is 6.04 Å². The summed E-state index contributed by atoms with van der Waals surface area (Å²) in [5.74, 6) is -0.762. The summed E-state index contributed by atoms with van der Waals surface area (Å²) in [5, 5.41) is 12.3. The highest BCUT2D eigenvalue weighted by Crippen LogP contribution is 2.20. The maximum absolute atomic E-state index is 11.2. The predicted molar refractivity (Wildman–Crippen MR) is 73.2 cm³/mol. The number of imidazole rings is 1. The van der Waals surface area contributed by atoms with E-state index >= 15 is 0 Å². The molecule has 2 rings (SSSR count). The molecule has 0 aliphatic heterocycles. The zero-order chi connectivity index (χ0) is 13.7. The van der Waals surface area contributed by atoms with Gasteiger partial charge in [-0.05, 0) is 45.1 Å². The van der Waals surface area contributed by atoms with Crippen LogP contribution in [0.2, 0.25) is 0 Å². The molecule has 1 aromatic rings. The number of aryl methyl sites for hydroxylation is 2. The van der Waals surface area contributed by atoms with Crippen molar-refractivity contribution < 1.29 is 9.90 Å². The number of carboxylic acids is 1. The van der Waals surface area contributed by atoms with Crippen molar-refractivity contribution in [1.82, 2.24) is 14.9 Å². The standard InChI is InChI=1S/C14H23N3O2/c1-2-8-15-12(14(18)19)7-9-17-10-16-11-5-3-4-6-13(11)17/h10,12,15H,2-9H2,1H3,(H,18,19). The second-order valence-electron chi connectivity index (χ2n) is 5.17. The SMILES string of the molecule is CCCNC(CCn1cnc2c1CCCC2)C(=O)O. The van der Waals surface area contributed by atoms with E-state index in [2.05, 4.69) is 14.9 Å². The van der Waals surface area contributed by atoms with Crippen LogP contribution in [0, 0.1) is 0 Å². The first-order valence-corrected chi connectivity index (χ1v) is 7.21. The zero-order valence-corrected chi connectivity index (χ0v) is 11.6. The lowest BCUT2D eigenvalue weighted by atomic mass is 10.0. The number of aromatic nitrogens is 2. The van der Waals surface area contributed by atoms with Crippen LogP contribution in [0.1, 0.15) is 44.0 Å². The van der Waals surface area contributed by atoms with Crippen LogP contribution in [-0.2, 0) is 24.2 Å². The molecular formula is C14H23N3O2. The molecule has 0 fully saturated rings. The second-order valence-corrected chi connectivity index (χ2v) is 5.17. The summed E-state index contributed by atoms with van der Waals surface area (Å²) in [6.45, 7) is 3.52. The first kappa shape index (κ1) is 14.1. The van der Waals surface area contributed by atoms with Gasteiger partial charge in [-0.3, -0.25) is 4.79 Å². The Balaban J connectivity index is 1.93. The number of rotatable bonds is 7. The third-order valence-corrected chi connectivity index (χ3v) is 3.71. The summed E-state index contributed by atoms with van der Waals surface area (Å²) < 4.78 is 2.14. The fourth-order valence-electron chi connectivity index (χ4n) is 2.62. The highest BCUT2D eigenvalue weighted by molar-refractivity contribution is 5.73.